The van der Waals surface area contributed by atoms with Gasteiger partial charge in [0.25, 0.3) is 0 Å². The molecule has 0 spiro atoms. The number of benzene rings is 1. The third kappa shape index (κ3) is 5.87. The normalized spacial score (nSPS) is 16.4. The maximum absolute atomic E-state index is 12.3. The summed E-state index contributed by atoms with van der Waals surface area (Å²) in [6.45, 7) is 11.1. The third-order valence-corrected chi connectivity index (χ3v) is 4.28. The van der Waals surface area contributed by atoms with Crippen molar-refractivity contribution in [2.75, 3.05) is 39.8 Å². The smallest absolute Gasteiger partial charge is 0.223 e. The SMILES string of the molecule is COc1ccc(CCN2CCN(C(=O)CC(C)(C)C)CC2)cc1. The monoisotopic (exact) mass is 318 g/mol. The molecule has 0 N–H and O–H groups in total. The molecular formula is C19H30N2O2. The van der Waals surface area contributed by atoms with Crippen LogP contribution in [0.2, 0.25) is 0 Å². The van der Waals surface area contributed by atoms with E-state index < -0.39 is 0 Å². The Kier molecular flexibility index (Phi) is 6.05. The number of rotatable bonds is 5. The summed E-state index contributed by atoms with van der Waals surface area (Å²) in [4.78, 5) is 16.7. The average molecular weight is 318 g/mol. The lowest BCUT2D eigenvalue weighted by molar-refractivity contribution is -0.134. The Morgan fingerprint density at radius 2 is 1.70 bits per heavy atom. The van der Waals surface area contributed by atoms with Crippen LogP contribution in [0.15, 0.2) is 24.3 Å². The van der Waals surface area contributed by atoms with Gasteiger partial charge in [-0.15, -0.1) is 0 Å². The van der Waals surface area contributed by atoms with Gasteiger partial charge in [-0.2, -0.15) is 0 Å². The van der Waals surface area contributed by atoms with Crippen LogP contribution in [0.3, 0.4) is 0 Å². The number of hydrogen-bond acceptors (Lipinski definition) is 3. The molecule has 1 aromatic carbocycles. The summed E-state index contributed by atoms with van der Waals surface area (Å²) in [6, 6.07) is 8.28. The Morgan fingerprint density at radius 1 is 1.09 bits per heavy atom. The van der Waals surface area contributed by atoms with Crippen LogP contribution >= 0.6 is 0 Å². The lowest BCUT2D eigenvalue weighted by atomic mass is 9.91. The van der Waals surface area contributed by atoms with Crippen LogP contribution in [0, 0.1) is 5.41 Å². The molecule has 23 heavy (non-hydrogen) atoms. The zero-order valence-corrected chi connectivity index (χ0v) is 15.0. The largest absolute Gasteiger partial charge is 0.497 e. The molecule has 1 aliphatic rings. The molecule has 1 heterocycles. The second kappa shape index (κ2) is 7.82. The molecule has 1 aromatic rings. The fourth-order valence-corrected chi connectivity index (χ4v) is 2.87. The number of amides is 1. The first-order valence-corrected chi connectivity index (χ1v) is 8.50. The van der Waals surface area contributed by atoms with Crippen molar-refractivity contribution in [3.8, 4) is 5.75 Å². The highest BCUT2D eigenvalue weighted by molar-refractivity contribution is 5.76. The fraction of sp³-hybridized carbons (Fsp3) is 0.632. The molecule has 4 heteroatoms. The van der Waals surface area contributed by atoms with Crippen molar-refractivity contribution in [2.45, 2.75) is 33.6 Å². The number of nitrogens with zero attached hydrogens (tertiary/aromatic N) is 2. The molecule has 1 amide bonds. The van der Waals surface area contributed by atoms with Crippen molar-refractivity contribution in [3.05, 3.63) is 29.8 Å². The first-order valence-electron chi connectivity index (χ1n) is 8.50. The molecule has 4 nitrogen and oxygen atoms in total. The van der Waals surface area contributed by atoms with Crippen molar-refractivity contribution in [1.82, 2.24) is 9.80 Å². The summed E-state index contributed by atoms with van der Waals surface area (Å²) < 4.78 is 5.18. The Morgan fingerprint density at radius 3 is 2.22 bits per heavy atom. The second-order valence-corrected chi connectivity index (χ2v) is 7.56. The Balaban J connectivity index is 1.73. The summed E-state index contributed by atoms with van der Waals surface area (Å²) in [6.07, 6.45) is 1.68. The van der Waals surface area contributed by atoms with E-state index >= 15 is 0 Å². The summed E-state index contributed by atoms with van der Waals surface area (Å²) in [5.74, 6) is 1.20. The number of piperazine rings is 1. The van der Waals surface area contributed by atoms with E-state index in [1.165, 1.54) is 5.56 Å². The Hall–Kier alpha value is -1.55. The van der Waals surface area contributed by atoms with Crippen molar-refractivity contribution >= 4 is 5.91 Å². The zero-order chi connectivity index (χ0) is 16.9. The lowest BCUT2D eigenvalue weighted by Gasteiger charge is -2.36. The predicted octanol–water partition coefficient (Wildman–Crippen LogP) is 2.82. The maximum Gasteiger partial charge on any atom is 0.223 e. The Labute approximate surface area is 140 Å². The number of hydrogen-bond donors (Lipinski definition) is 0. The molecule has 0 unspecified atom stereocenters. The molecule has 1 fully saturated rings. The predicted molar refractivity (Wildman–Crippen MR) is 93.8 cm³/mol. The van der Waals surface area contributed by atoms with Gasteiger partial charge in [-0.05, 0) is 29.5 Å². The van der Waals surface area contributed by atoms with Crippen LogP contribution in [0.25, 0.3) is 0 Å². The van der Waals surface area contributed by atoms with Gasteiger partial charge in [-0.1, -0.05) is 32.9 Å². The Bertz CT molecular complexity index is 497. The topological polar surface area (TPSA) is 32.8 Å². The highest BCUT2D eigenvalue weighted by atomic mass is 16.5. The minimum absolute atomic E-state index is 0.0720. The van der Waals surface area contributed by atoms with Crippen molar-refractivity contribution in [2.24, 2.45) is 5.41 Å². The van der Waals surface area contributed by atoms with Crippen LogP contribution in [0.1, 0.15) is 32.8 Å². The van der Waals surface area contributed by atoms with Gasteiger partial charge in [0, 0.05) is 39.1 Å². The van der Waals surface area contributed by atoms with Crippen LogP contribution in [-0.4, -0.2) is 55.5 Å². The van der Waals surface area contributed by atoms with E-state index in [1.807, 2.05) is 17.0 Å². The molecule has 0 atom stereocenters. The van der Waals surface area contributed by atoms with E-state index in [2.05, 4.69) is 37.8 Å². The van der Waals surface area contributed by atoms with Crippen molar-refractivity contribution in [1.29, 1.82) is 0 Å². The molecule has 1 aliphatic heterocycles. The summed E-state index contributed by atoms with van der Waals surface area (Å²) in [5, 5.41) is 0. The quantitative estimate of drug-likeness (QED) is 0.837. The minimum atomic E-state index is 0.0720. The van der Waals surface area contributed by atoms with E-state index in [4.69, 9.17) is 4.74 Å². The highest BCUT2D eigenvalue weighted by Crippen LogP contribution is 2.20. The number of methoxy groups -OCH3 is 1. The van der Waals surface area contributed by atoms with Crippen LogP contribution in [0.4, 0.5) is 0 Å². The highest BCUT2D eigenvalue weighted by Gasteiger charge is 2.24. The van der Waals surface area contributed by atoms with Gasteiger partial charge in [0.2, 0.25) is 5.91 Å². The molecule has 0 saturated carbocycles. The number of carbonyl (C=O) groups is 1. The molecule has 1 saturated heterocycles. The lowest BCUT2D eigenvalue weighted by Crippen LogP contribution is -2.49. The summed E-state index contributed by atoms with van der Waals surface area (Å²) in [7, 11) is 1.69. The minimum Gasteiger partial charge on any atom is -0.497 e. The maximum atomic E-state index is 12.3. The first kappa shape index (κ1) is 17.8. The average Bonchev–Trinajstić information content (AvgIpc) is 2.52. The van der Waals surface area contributed by atoms with Crippen molar-refractivity contribution in [3.63, 3.8) is 0 Å². The van der Waals surface area contributed by atoms with Gasteiger partial charge in [-0.3, -0.25) is 9.69 Å². The third-order valence-electron chi connectivity index (χ3n) is 4.28. The standard InChI is InChI=1S/C19H30N2O2/c1-19(2,3)15-18(22)21-13-11-20(12-14-21)10-9-16-5-7-17(23-4)8-6-16/h5-8H,9-15H2,1-4H3. The van der Waals surface area contributed by atoms with Gasteiger partial charge >= 0.3 is 0 Å². The van der Waals surface area contributed by atoms with E-state index in [0.717, 1.165) is 44.9 Å². The fourth-order valence-electron chi connectivity index (χ4n) is 2.87. The van der Waals surface area contributed by atoms with Gasteiger partial charge < -0.3 is 9.64 Å². The number of carbonyl (C=O) groups excluding carboxylic acids is 1. The van der Waals surface area contributed by atoms with Crippen LogP contribution < -0.4 is 4.74 Å². The summed E-state index contributed by atoms with van der Waals surface area (Å²) >= 11 is 0. The molecule has 0 aromatic heterocycles. The second-order valence-electron chi connectivity index (χ2n) is 7.56. The molecule has 0 radical (unpaired) electrons. The zero-order valence-electron chi connectivity index (χ0n) is 15.0. The van der Waals surface area contributed by atoms with Crippen molar-refractivity contribution < 1.29 is 9.53 Å². The molecular weight excluding hydrogens is 288 g/mol. The van der Waals surface area contributed by atoms with Gasteiger partial charge in [0.1, 0.15) is 5.75 Å². The van der Waals surface area contributed by atoms with E-state index in [0.29, 0.717) is 12.3 Å². The van der Waals surface area contributed by atoms with Crippen LogP contribution in [-0.2, 0) is 11.2 Å². The van der Waals surface area contributed by atoms with Gasteiger partial charge in [0.05, 0.1) is 7.11 Å². The molecule has 2 rings (SSSR count). The molecule has 0 aliphatic carbocycles. The molecule has 128 valence electrons. The van der Waals surface area contributed by atoms with Gasteiger partial charge in [0.15, 0.2) is 0 Å². The summed E-state index contributed by atoms with van der Waals surface area (Å²) in [5.41, 5.74) is 1.40. The van der Waals surface area contributed by atoms with E-state index in [9.17, 15) is 4.79 Å². The van der Waals surface area contributed by atoms with Crippen LogP contribution in [0.5, 0.6) is 5.75 Å². The first-order chi connectivity index (χ1) is 10.9. The van der Waals surface area contributed by atoms with E-state index in [-0.39, 0.29) is 5.41 Å². The molecule has 0 bridgehead atoms. The van der Waals surface area contributed by atoms with Gasteiger partial charge in [-0.25, -0.2) is 0 Å². The number of ether oxygens (including phenoxy) is 1. The van der Waals surface area contributed by atoms with E-state index in [1.54, 1.807) is 7.11 Å².